The Labute approximate surface area is 182 Å². The van der Waals surface area contributed by atoms with Crippen molar-refractivity contribution in [2.45, 2.75) is 32.9 Å². The van der Waals surface area contributed by atoms with Crippen LogP contribution < -0.4 is 16.4 Å². The van der Waals surface area contributed by atoms with Gasteiger partial charge in [-0.2, -0.15) is 15.1 Å². The predicted molar refractivity (Wildman–Crippen MR) is 127 cm³/mol. The van der Waals surface area contributed by atoms with Crippen LogP contribution in [0.4, 0.5) is 11.8 Å². The summed E-state index contributed by atoms with van der Waals surface area (Å²) in [5, 5.41) is 12.2. The van der Waals surface area contributed by atoms with Gasteiger partial charge in [0.25, 0.3) is 0 Å². The number of hydrogen-bond acceptors (Lipinski definition) is 6. The van der Waals surface area contributed by atoms with E-state index in [9.17, 15) is 0 Å². The molecule has 4 N–H and O–H groups in total. The number of fused-ring (bicyclic) bond motifs is 1. The molecule has 0 unspecified atom stereocenters. The van der Waals surface area contributed by atoms with Gasteiger partial charge in [-0.3, -0.25) is 0 Å². The van der Waals surface area contributed by atoms with E-state index < -0.39 is 0 Å². The van der Waals surface area contributed by atoms with E-state index in [0.29, 0.717) is 19.0 Å². The third kappa shape index (κ3) is 4.83. The summed E-state index contributed by atoms with van der Waals surface area (Å²) in [7, 11) is 1.89. The van der Waals surface area contributed by atoms with Crippen LogP contribution in [0.3, 0.4) is 0 Å². The van der Waals surface area contributed by atoms with Crippen molar-refractivity contribution in [2.24, 2.45) is 12.8 Å². The minimum Gasteiger partial charge on any atom is -0.365 e. The molecule has 0 spiro atoms. The zero-order valence-corrected chi connectivity index (χ0v) is 18.5. The van der Waals surface area contributed by atoms with Crippen molar-refractivity contribution in [3.63, 3.8) is 0 Å². The number of anilines is 2. The molecule has 0 saturated heterocycles. The van der Waals surface area contributed by atoms with E-state index in [-0.39, 0.29) is 5.54 Å². The Balaban J connectivity index is 1.57. The van der Waals surface area contributed by atoms with Crippen molar-refractivity contribution in [1.82, 2.24) is 19.7 Å². The molecule has 0 aliphatic carbocycles. The Hall–Kier alpha value is -3.45. The van der Waals surface area contributed by atoms with Crippen LogP contribution in [0.2, 0.25) is 0 Å². The molecule has 7 heteroatoms. The summed E-state index contributed by atoms with van der Waals surface area (Å²) in [5.74, 6) is 1.30. The molecule has 0 aliphatic heterocycles. The van der Waals surface area contributed by atoms with E-state index in [2.05, 4.69) is 69.2 Å². The van der Waals surface area contributed by atoms with Gasteiger partial charge in [-0.1, -0.05) is 54.6 Å². The third-order valence-electron chi connectivity index (χ3n) is 5.08. The topological polar surface area (TPSA) is 93.7 Å². The molecule has 31 heavy (non-hydrogen) atoms. The lowest BCUT2D eigenvalue weighted by molar-refractivity contribution is 0.547. The second-order valence-corrected chi connectivity index (χ2v) is 8.56. The average Bonchev–Trinajstić information content (AvgIpc) is 3.05. The summed E-state index contributed by atoms with van der Waals surface area (Å²) >= 11 is 0. The lowest BCUT2D eigenvalue weighted by atomic mass is 10.0. The predicted octanol–water partition coefficient (Wildman–Crippen LogP) is 4.10. The molecular formula is C24H29N7. The highest BCUT2D eigenvalue weighted by Gasteiger charge is 2.17. The maximum Gasteiger partial charge on any atom is 0.226 e. The second-order valence-electron chi connectivity index (χ2n) is 8.56. The zero-order chi connectivity index (χ0) is 22.0. The van der Waals surface area contributed by atoms with Crippen molar-refractivity contribution < 1.29 is 0 Å². The standard InChI is InChI=1S/C24H29N7/c1-16-20-21(28-23(27-15-24(2,3)25)29-22(20)31(4)30-16)26-14-17-10-12-19(13-11-17)18-8-6-5-7-9-18/h5-13H,14-15,25H2,1-4H3,(H2,26,27,28,29). The van der Waals surface area contributed by atoms with Crippen LogP contribution in [0.15, 0.2) is 54.6 Å². The summed E-state index contributed by atoms with van der Waals surface area (Å²) in [6, 6.07) is 18.9. The van der Waals surface area contributed by atoms with E-state index in [1.54, 1.807) is 4.68 Å². The highest BCUT2D eigenvalue weighted by molar-refractivity contribution is 5.90. The van der Waals surface area contributed by atoms with Gasteiger partial charge < -0.3 is 16.4 Å². The van der Waals surface area contributed by atoms with Crippen LogP contribution in [0.5, 0.6) is 0 Å². The van der Waals surface area contributed by atoms with Crippen molar-refractivity contribution in [2.75, 3.05) is 17.2 Å². The molecule has 2 aromatic carbocycles. The minimum atomic E-state index is -0.366. The molecule has 0 fully saturated rings. The van der Waals surface area contributed by atoms with Gasteiger partial charge in [0.1, 0.15) is 5.82 Å². The summed E-state index contributed by atoms with van der Waals surface area (Å²) in [6.45, 7) is 7.12. The van der Waals surface area contributed by atoms with E-state index >= 15 is 0 Å². The van der Waals surface area contributed by atoms with E-state index in [1.165, 1.54) is 16.7 Å². The molecule has 4 rings (SSSR count). The van der Waals surface area contributed by atoms with Crippen molar-refractivity contribution in [3.05, 3.63) is 65.9 Å². The van der Waals surface area contributed by atoms with Crippen LogP contribution in [0.25, 0.3) is 22.2 Å². The van der Waals surface area contributed by atoms with Gasteiger partial charge in [0.2, 0.25) is 5.95 Å². The lowest BCUT2D eigenvalue weighted by Crippen LogP contribution is -2.40. The molecule has 0 bridgehead atoms. The van der Waals surface area contributed by atoms with Crippen LogP contribution in [-0.2, 0) is 13.6 Å². The van der Waals surface area contributed by atoms with E-state index in [0.717, 1.165) is 22.5 Å². The van der Waals surface area contributed by atoms with Gasteiger partial charge in [-0.05, 0) is 37.5 Å². The van der Waals surface area contributed by atoms with Gasteiger partial charge in [-0.15, -0.1) is 0 Å². The maximum absolute atomic E-state index is 6.11. The molecule has 0 atom stereocenters. The van der Waals surface area contributed by atoms with Gasteiger partial charge in [0, 0.05) is 25.7 Å². The first-order valence-corrected chi connectivity index (χ1v) is 10.4. The minimum absolute atomic E-state index is 0.366. The summed E-state index contributed by atoms with van der Waals surface area (Å²) in [4.78, 5) is 9.36. The second kappa shape index (κ2) is 8.35. The first-order chi connectivity index (χ1) is 14.8. The van der Waals surface area contributed by atoms with Gasteiger partial charge >= 0.3 is 0 Å². The molecule has 2 aromatic heterocycles. The van der Waals surface area contributed by atoms with Crippen molar-refractivity contribution in [1.29, 1.82) is 0 Å². The quantitative estimate of drug-likeness (QED) is 0.421. The van der Waals surface area contributed by atoms with Gasteiger partial charge in [0.05, 0.1) is 11.1 Å². The molecule has 0 radical (unpaired) electrons. The molecule has 4 aromatic rings. The maximum atomic E-state index is 6.11. The first-order valence-electron chi connectivity index (χ1n) is 10.4. The molecule has 160 valence electrons. The number of rotatable bonds is 7. The molecule has 7 nitrogen and oxygen atoms in total. The highest BCUT2D eigenvalue weighted by Crippen LogP contribution is 2.26. The Morgan fingerprint density at radius 3 is 2.29 bits per heavy atom. The number of aryl methyl sites for hydroxylation is 2. The monoisotopic (exact) mass is 415 g/mol. The highest BCUT2D eigenvalue weighted by atomic mass is 15.3. The summed E-state index contributed by atoms with van der Waals surface area (Å²) < 4.78 is 1.78. The largest absolute Gasteiger partial charge is 0.365 e. The van der Waals surface area contributed by atoms with Gasteiger partial charge in [0.15, 0.2) is 5.65 Å². The van der Waals surface area contributed by atoms with Crippen LogP contribution in [0, 0.1) is 6.92 Å². The van der Waals surface area contributed by atoms with Crippen LogP contribution in [-0.4, -0.2) is 31.8 Å². The molecule has 0 saturated carbocycles. The molecule has 0 amide bonds. The van der Waals surface area contributed by atoms with E-state index in [1.807, 2.05) is 33.9 Å². The fraction of sp³-hybridized carbons (Fsp3) is 0.292. The number of hydrogen-bond donors (Lipinski definition) is 3. The van der Waals surface area contributed by atoms with Crippen LogP contribution >= 0.6 is 0 Å². The summed E-state index contributed by atoms with van der Waals surface area (Å²) in [6.07, 6.45) is 0. The Bertz CT molecular complexity index is 1170. The molecular weight excluding hydrogens is 386 g/mol. The third-order valence-corrected chi connectivity index (χ3v) is 5.08. The summed E-state index contributed by atoms with van der Waals surface area (Å²) in [5.41, 5.74) is 11.0. The zero-order valence-electron chi connectivity index (χ0n) is 18.5. The molecule has 2 heterocycles. The van der Waals surface area contributed by atoms with E-state index in [4.69, 9.17) is 10.7 Å². The van der Waals surface area contributed by atoms with Crippen molar-refractivity contribution in [3.8, 4) is 11.1 Å². The fourth-order valence-electron chi connectivity index (χ4n) is 3.48. The normalized spacial score (nSPS) is 11.6. The Morgan fingerprint density at radius 2 is 1.61 bits per heavy atom. The smallest absolute Gasteiger partial charge is 0.226 e. The Morgan fingerprint density at radius 1 is 0.935 bits per heavy atom. The molecule has 0 aliphatic rings. The van der Waals surface area contributed by atoms with Crippen molar-refractivity contribution >= 4 is 22.8 Å². The number of benzene rings is 2. The van der Waals surface area contributed by atoms with Gasteiger partial charge in [-0.25, -0.2) is 4.68 Å². The first kappa shape index (κ1) is 20.8. The average molecular weight is 416 g/mol. The fourth-order valence-corrected chi connectivity index (χ4v) is 3.48. The SMILES string of the molecule is Cc1nn(C)c2nc(NCC(C)(C)N)nc(NCc3ccc(-c4ccccc4)cc3)c12. The number of aromatic nitrogens is 4. The number of nitrogens with two attached hydrogens (primary N) is 1. The number of nitrogens with zero attached hydrogens (tertiary/aromatic N) is 4. The number of nitrogens with one attached hydrogen (secondary N) is 2. The van der Waals surface area contributed by atoms with Crippen LogP contribution in [0.1, 0.15) is 25.1 Å². The Kier molecular flexibility index (Phi) is 5.61. The lowest BCUT2D eigenvalue weighted by Gasteiger charge is -2.19.